The lowest BCUT2D eigenvalue weighted by Crippen LogP contribution is -2.63. The van der Waals surface area contributed by atoms with Gasteiger partial charge in [-0.15, -0.1) is 0 Å². The Kier molecular flexibility index (Phi) is 11.6. The van der Waals surface area contributed by atoms with E-state index >= 15 is 0 Å². The normalized spacial score (nSPS) is 21.4. The summed E-state index contributed by atoms with van der Waals surface area (Å²) in [5, 5.41) is 2.74. The molecule has 2 aromatic carbocycles. The number of hydrogen-bond donors (Lipinski definition) is 1. The van der Waals surface area contributed by atoms with Crippen molar-refractivity contribution in [3.05, 3.63) is 59.2 Å². The zero-order chi connectivity index (χ0) is 33.4. The molecule has 0 saturated carbocycles. The standard InChI is InChI=1S/C32H35NO13/c1-17(34)42-16-26-28(43-18(2)35)29(44-19(3)36)30(45-20(4)37)32(46-26)41-14-13-40-12-11-33-31(39)21-9-10-23-22-7-5-6-8-24(22)27(38)25(23)15-21/h5-10,15,26,28-30,32H,11-14,16H2,1-4H3,(H,33,39)/t26-,28-,29+,30-,32+/m1/s1. The molecule has 1 heterocycles. The zero-order valence-electron chi connectivity index (χ0n) is 25.8. The van der Waals surface area contributed by atoms with Crippen LogP contribution in [-0.4, -0.2) is 99.2 Å². The van der Waals surface area contributed by atoms with E-state index < -0.39 is 54.6 Å². The molecule has 0 aromatic heterocycles. The zero-order valence-corrected chi connectivity index (χ0v) is 25.8. The van der Waals surface area contributed by atoms with E-state index in [9.17, 15) is 28.8 Å². The second-order valence-electron chi connectivity index (χ2n) is 10.4. The molecule has 246 valence electrons. The largest absolute Gasteiger partial charge is 0.463 e. The van der Waals surface area contributed by atoms with Crippen LogP contribution in [0, 0.1) is 0 Å². The fraction of sp³-hybridized carbons (Fsp3) is 0.438. The topological polar surface area (TPSA) is 179 Å². The third-order valence-electron chi connectivity index (χ3n) is 6.98. The number of carbonyl (C=O) groups excluding carboxylic acids is 6. The number of rotatable bonds is 13. The Bertz CT molecular complexity index is 1490. The smallest absolute Gasteiger partial charge is 0.303 e. The van der Waals surface area contributed by atoms with Crippen molar-refractivity contribution in [3.63, 3.8) is 0 Å². The number of hydrogen-bond acceptors (Lipinski definition) is 13. The highest BCUT2D eigenvalue weighted by atomic mass is 16.7. The summed E-state index contributed by atoms with van der Waals surface area (Å²) in [5.74, 6) is -3.37. The summed E-state index contributed by atoms with van der Waals surface area (Å²) in [6.07, 6.45) is -6.43. The van der Waals surface area contributed by atoms with Crippen LogP contribution in [0.1, 0.15) is 54.0 Å². The highest BCUT2D eigenvalue weighted by Crippen LogP contribution is 2.36. The number of esters is 4. The van der Waals surface area contributed by atoms with Crippen molar-refractivity contribution in [2.45, 2.75) is 58.4 Å². The van der Waals surface area contributed by atoms with Gasteiger partial charge in [0.1, 0.15) is 12.7 Å². The Morgan fingerprint density at radius 2 is 1.35 bits per heavy atom. The molecule has 1 N–H and O–H groups in total. The predicted molar refractivity (Wildman–Crippen MR) is 156 cm³/mol. The number of fused-ring (bicyclic) bond motifs is 3. The number of carbonyl (C=O) groups is 6. The molecule has 0 radical (unpaired) electrons. The summed E-state index contributed by atoms with van der Waals surface area (Å²) in [6.45, 7) is 4.38. The lowest BCUT2D eigenvalue weighted by molar-refractivity contribution is -0.309. The van der Waals surface area contributed by atoms with Crippen LogP contribution in [0.4, 0.5) is 0 Å². The first-order valence-electron chi connectivity index (χ1n) is 14.5. The van der Waals surface area contributed by atoms with Gasteiger partial charge in [0.05, 0.1) is 19.8 Å². The molecule has 0 unspecified atom stereocenters. The highest BCUT2D eigenvalue weighted by molar-refractivity contribution is 6.22. The number of benzene rings is 2. The Hall–Kier alpha value is -4.66. The van der Waals surface area contributed by atoms with E-state index in [-0.39, 0.29) is 44.7 Å². The van der Waals surface area contributed by atoms with Crippen LogP contribution in [-0.2, 0) is 52.3 Å². The minimum atomic E-state index is -1.34. The van der Waals surface area contributed by atoms with E-state index in [2.05, 4.69) is 5.32 Å². The molecule has 5 atom stereocenters. The van der Waals surface area contributed by atoms with Gasteiger partial charge in [0.2, 0.25) is 0 Å². The third kappa shape index (κ3) is 8.53. The Balaban J connectivity index is 1.30. The molecule has 1 aliphatic carbocycles. The molecule has 46 heavy (non-hydrogen) atoms. The molecule has 14 nitrogen and oxygen atoms in total. The molecular weight excluding hydrogens is 606 g/mol. The molecule has 1 aliphatic heterocycles. The van der Waals surface area contributed by atoms with Crippen LogP contribution >= 0.6 is 0 Å². The van der Waals surface area contributed by atoms with E-state index in [1.54, 1.807) is 30.3 Å². The first-order chi connectivity index (χ1) is 22.0. The van der Waals surface area contributed by atoms with Gasteiger partial charge in [0.25, 0.3) is 5.91 Å². The number of ketones is 1. The van der Waals surface area contributed by atoms with Crippen molar-refractivity contribution in [3.8, 4) is 11.1 Å². The van der Waals surface area contributed by atoms with Crippen LogP contribution in [0.5, 0.6) is 0 Å². The monoisotopic (exact) mass is 641 g/mol. The van der Waals surface area contributed by atoms with E-state index in [0.29, 0.717) is 16.7 Å². The quantitative estimate of drug-likeness (QED) is 0.162. The predicted octanol–water partition coefficient (Wildman–Crippen LogP) is 1.74. The second kappa shape index (κ2) is 15.6. The van der Waals surface area contributed by atoms with Gasteiger partial charge in [-0.05, 0) is 23.3 Å². The van der Waals surface area contributed by atoms with Crippen molar-refractivity contribution in [2.75, 3.05) is 33.0 Å². The SMILES string of the molecule is CC(=O)OC[C@H]1O[C@H](OCCOCCNC(=O)c2ccc3c(c2)C(=O)c2ccccc2-3)[C@H](OC(C)=O)[C@@H](OC(C)=O)[C@@H]1OC(C)=O. The summed E-state index contributed by atoms with van der Waals surface area (Å²) in [5.41, 5.74) is 3.05. The number of amides is 1. The first kappa shape index (κ1) is 34.2. The van der Waals surface area contributed by atoms with Crippen molar-refractivity contribution in [1.29, 1.82) is 0 Å². The van der Waals surface area contributed by atoms with E-state index in [4.69, 9.17) is 33.2 Å². The lowest BCUT2D eigenvalue weighted by Gasteiger charge is -2.44. The Labute approximate surface area is 264 Å². The molecule has 4 rings (SSSR count). The van der Waals surface area contributed by atoms with Crippen LogP contribution in [0.2, 0.25) is 0 Å². The fourth-order valence-electron chi connectivity index (χ4n) is 5.16. The first-order valence-corrected chi connectivity index (χ1v) is 14.5. The van der Waals surface area contributed by atoms with Gasteiger partial charge in [-0.2, -0.15) is 0 Å². The minimum Gasteiger partial charge on any atom is -0.463 e. The maximum atomic E-state index is 12.8. The Morgan fingerprint density at radius 3 is 2.02 bits per heavy atom. The maximum Gasteiger partial charge on any atom is 0.303 e. The van der Waals surface area contributed by atoms with Crippen molar-refractivity contribution >= 4 is 35.6 Å². The van der Waals surface area contributed by atoms with E-state index in [0.717, 1.165) is 31.9 Å². The summed E-state index contributed by atoms with van der Waals surface area (Å²) in [4.78, 5) is 72.6. The van der Waals surface area contributed by atoms with E-state index in [1.165, 1.54) is 6.92 Å². The van der Waals surface area contributed by atoms with E-state index in [1.807, 2.05) is 12.1 Å². The molecule has 0 spiro atoms. The lowest BCUT2D eigenvalue weighted by atomic mass is 9.98. The van der Waals surface area contributed by atoms with Crippen LogP contribution in [0.15, 0.2) is 42.5 Å². The van der Waals surface area contributed by atoms with Crippen molar-refractivity contribution < 1.29 is 61.9 Å². The molecule has 2 aliphatic rings. The summed E-state index contributed by atoms with van der Waals surface area (Å²) in [6, 6.07) is 12.3. The maximum absolute atomic E-state index is 12.8. The fourth-order valence-corrected chi connectivity index (χ4v) is 5.16. The van der Waals surface area contributed by atoms with Crippen molar-refractivity contribution in [2.24, 2.45) is 0 Å². The molecule has 1 amide bonds. The molecule has 1 saturated heterocycles. The molecule has 1 fully saturated rings. The van der Waals surface area contributed by atoms with Gasteiger partial charge in [-0.25, -0.2) is 0 Å². The van der Waals surface area contributed by atoms with Gasteiger partial charge in [0.15, 0.2) is 30.4 Å². The molecule has 14 heteroatoms. The van der Waals surface area contributed by atoms with Crippen molar-refractivity contribution in [1.82, 2.24) is 5.32 Å². The van der Waals surface area contributed by atoms with Gasteiger partial charge in [0, 0.05) is 50.9 Å². The third-order valence-corrected chi connectivity index (χ3v) is 6.98. The minimum absolute atomic E-state index is 0.0222. The highest BCUT2D eigenvalue weighted by Gasteiger charge is 2.52. The summed E-state index contributed by atoms with van der Waals surface area (Å²) in [7, 11) is 0. The number of ether oxygens (including phenoxy) is 7. The summed E-state index contributed by atoms with van der Waals surface area (Å²) < 4.78 is 38.2. The number of nitrogens with one attached hydrogen (secondary N) is 1. The second-order valence-corrected chi connectivity index (χ2v) is 10.4. The molecule has 0 bridgehead atoms. The Morgan fingerprint density at radius 1 is 0.717 bits per heavy atom. The average Bonchev–Trinajstić information content (AvgIpc) is 3.28. The van der Waals surface area contributed by atoms with Crippen LogP contribution in [0.25, 0.3) is 11.1 Å². The van der Waals surface area contributed by atoms with Crippen LogP contribution < -0.4 is 5.32 Å². The van der Waals surface area contributed by atoms with Gasteiger partial charge in [-0.1, -0.05) is 30.3 Å². The molecule has 2 aromatic rings. The van der Waals surface area contributed by atoms with Gasteiger partial charge in [-0.3, -0.25) is 28.8 Å². The molecular formula is C32H35NO13. The van der Waals surface area contributed by atoms with Gasteiger partial charge >= 0.3 is 23.9 Å². The summed E-state index contributed by atoms with van der Waals surface area (Å²) >= 11 is 0. The average molecular weight is 642 g/mol. The van der Waals surface area contributed by atoms with Gasteiger partial charge < -0.3 is 38.5 Å². The van der Waals surface area contributed by atoms with Crippen LogP contribution in [0.3, 0.4) is 0 Å².